The number of hydrogen-bond donors (Lipinski definition) is 2. The number of anilines is 2. The summed E-state index contributed by atoms with van der Waals surface area (Å²) in [7, 11) is 0. The zero-order valence-electron chi connectivity index (χ0n) is 17.0. The smallest absolute Gasteiger partial charge is 0.262 e. The Bertz CT molecular complexity index is 966. The van der Waals surface area contributed by atoms with Crippen LogP contribution in [0.5, 0.6) is 5.75 Å². The van der Waals surface area contributed by atoms with Crippen LogP contribution in [-0.4, -0.2) is 37.4 Å². The van der Waals surface area contributed by atoms with Crippen LogP contribution in [0.15, 0.2) is 42.5 Å². The average Bonchev–Trinajstić information content (AvgIpc) is 3.15. The first-order chi connectivity index (χ1) is 14.9. The van der Waals surface area contributed by atoms with E-state index < -0.39 is 0 Å². The quantitative estimate of drug-likeness (QED) is 0.621. The Kier molecular flexibility index (Phi) is 7.76. The van der Waals surface area contributed by atoms with Gasteiger partial charge in [0, 0.05) is 30.9 Å². The first-order valence-electron chi connectivity index (χ1n) is 9.93. The van der Waals surface area contributed by atoms with Crippen molar-refractivity contribution in [3.8, 4) is 5.75 Å². The van der Waals surface area contributed by atoms with E-state index in [9.17, 15) is 14.4 Å². The number of hydrogen-bond acceptors (Lipinski definition) is 4. The number of amides is 3. The molecule has 0 spiro atoms. The molecule has 3 rings (SSSR count). The molecule has 0 bridgehead atoms. The Morgan fingerprint density at radius 3 is 2.55 bits per heavy atom. The molecule has 0 saturated carbocycles. The summed E-state index contributed by atoms with van der Waals surface area (Å²) in [5.41, 5.74) is 1.20. The third-order valence-electron chi connectivity index (χ3n) is 4.77. The fourth-order valence-corrected chi connectivity index (χ4v) is 3.47. The second-order valence-corrected chi connectivity index (χ2v) is 7.97. The van der Waals surface area contributed by atoms with Gasteiger partial charge in [0.2, 0.25) is 11.8 Å². The fraction of sp³-hybridized carbons (Fsp3) is 0.318. The van der Waals surface area contributed by atoms with Crippen LogP contribution in [0, 0.1) is 5.92 Å². The van der Waals surface area contributed by atoms with Gasteiger partial charge < -0.3 is 20.3 Å². The van der Waals surface area contributed by atoms with Crippen molar-refractivity contribution in [3.63, 3.8) is 0 Å². The van der Waals surface area contributed by atoms with E-state index in [1.165, 1.54) is 0 Å². The van der Waals surface area contributed by atoms with Crippen LogP contribution >= 0.6 is 23.2 Å². The molecule has 2 aromatic rings. The van der Waals surface area contributed by atoms with Crippen molar-refractivity contribution < 1.29 is 19.1 Å². The number of nitrogens with zero attached hydrogens (tertiary/aromatic N) is 1. The van der Waals surface area contributed by atoms with Gasteiger partial charge >= 0.3 is 0 Å². The SMILES string of the molecule is CCCNC(=O)[C@@H]1CC(=O)N(c2ccc(OCC(=O)Nc3ccc(Cl)c(Cl)c3)cc2)C1. The maximum Gasteiger partial charge on any atom is 0.262 e. The molecule has 1 saturated heterocycles. The molecule has 7 nitrogen and oxygen atoms in total. The van der Waals surface area contributed by atoms with Crippen LogP contribution in [-0.2, 0) is 14.4 Å². The zero-order valence-corrected chi connectivity index (χ0v) is 18.5. The third-order valence-corrected chi connectivity index (χ3v) is 5.51. The summed E-state index contributed by atoms with van der Waals surface area (Å²) in [6.45, 7) is 2.74. The van der Waals surface area contributed by atoms with Crippen molar-refractivity contribution in [1.29, 1.82) is 0 Å². The van der Waals surface area contributed by atoms with Gasteiger partial charge in [-0.2, -0.15) is 0 Å². The Balaban J connectivity index is 1.52. The van der Waals surface area contributed by atoms with Crippen molar-refractivity contribution >= 4 is 52.3 Å². The van der Waals surface area contributed by atoms with Gasteiger partial charge in [0.05, 0.1) is 16.0 Å². The first kappa shape index (κ1) is 22.9. The maximum atomic E-state index is 12.3. The Labute approximate surface area is 190 Å². The van der Waals surface area contributed by atoms with Gasteiger partial charge in [0.15, 0.2) is 6.61 Å². The van der Waals surface area contributed by atoms with Gasteiger partial charge in [-0.05, 0) is 48.9 Å². The molecule has 1 heterocycles. The minimum atomic E-state index is -0.349. The van der Waals surface area contributed by atoms with Crippen molar-refractivity contribution in [3.05, 3.63) is 52.5 Å². The van der Waals surface area contributed by atoms with Gasteiger partial charge in [-0.1, -0.05) is 30.1 Å². The van der Waals surface area contributed by atoms with Crippen LogP contribution in [0.3, 0.4) is 0 Å². The predicted molar refractivity (Wildman–Crippen MR) is 121 cm³/mol. The molecule has 0 unspecified atom stereocenters. The largest absolute Gasteiger partial charge is 0.484 e. The number of rotatable bonds is 8. The summed E-state index contributed by atoms with van der Waals surface area (Å²) < 4.78 is 5.50. The molecule has 0 radical (unpaired) electrons. The van der Waals surface area contributed by atoms with Crippen molar-refractivity contribution in [2.24, 2.45) is 5.92 Å². The number of nitrogens with one attached hydrogen (secondary N) is 2. The van der Waals surface area contributed by atoms with E-state index in [-0.39, 0.29) is 36.7 Å². The minimum absolute atomic E-state index is 0.0914. The highest BCUT2D eigenvalue weighted by atomic mass is 35.5. The molecule has 0 aliphatic carbocycles. The number of carbonyl (C=O) groups excluding carboxylic acids is 3. The number of carbonyl (C=O) groups is 3. The summed E-state index contributed by atoms with van der Waals surface area (Å²) in [6, 6.07) is 11.6. The second kappa shape index (κ2) is 10.5. The third kappa shape index (κ3) is 6.12. The normalized spacial score (nSPS) is 15.6. The number of benzene rings is 2. The molecule has 1 fully saturated rings. The molecule has 1 aliphatic heterocycles. The van der Waals surface area contributed by atoms with E-state index in [1.807, 2.05) is 6.92 Å². The molecular weight excluding hydrogens is 441 g/mol. The van der Waals surface area contributed by atoms with E-state index in [1.54, 1.807) is 47.4 Å². The standard InChI is InChI=1S/C22H23Cl2N3O4/c1-2-9-25-22(30)14-10-21(29)27(12-14)16-4-6-17(7-5-16)31-13-20(28)26-15-3-8-18(23)19(24)11-15/h3-8,11,14H,2,9-10,12-13H2,1H3,(H,25,30)(H,26,28)/t14-/m1/s1. The molecule has 3 amide bonds. The lowest BCUT2D eigenvalue weighted by atomic mass is 10.1. The van der Waals surface area contributed by atoms with Crippen LogP contribution in [0.1, 0.15) is 19.8 Å². The van der Waals surface area contributed by atoms with Crippen molar-refractivity contribution in [2.75, 3.05) is 29.9 Å². The summed E-state index contributed by atoms with van der Waals surface area (Å²) in [6.07, 6.45) is 1.05. The van der Waals surface area contributed by atoms with E-state index in [0.29, 0.717) is 40.3 Å². The Hall–Kier alpha value is -2.77. The minimum Gasteiger partial charge on any atom is -0.484 e. The molecule has 1 atom stereocenters. The highest BCUT2D eigenvalue weighted by molar-refractivity contribution is 6.42. The topological polar surface area (TPSA) is 87.7 Å². The van der Waals surface area contributed by atoms with Crippen LogP contribution in [0.4, 0.5) is 11.4 Å². The highest BCUT2D eigenvalue weighted by Gasteiger charge is 2.34. The van der Waals surface area contributed by atoms with Crippen molar-refractivity contribution in [2.45, 2.75) is 19.8 Å². The number of halogens is 2. The molecule has 2 N–H and O–H groups in total. The van der Waals surface area contributed by atoms with Gasteiger partial charge in [-0.25, -0.2) is 0 Å². The van der Waals surface area contributed by atoms with Gasteiger partial charge in [0.1, 0.15) is 5.75 Å². The first-order valence-corrected chi connectivity index (χ1v) is 10.7. The second-order valence-electron chi connectivity index (χ2n) is 7.16. The van der Waals surface area contributed by atoms with Crippen LogP contribution in [0.25, 0.3) is 0 Å². The lowest BCUT2D eigenvalue weighted by Gasteiger charge is -2.17. The Morgan fingerprint density at radius 1 is 1.13 bits per heavy atom. The molecule has 9 heteroatoms. The van der Waals surface area contributed by atoms with Crippen LogP contribution < -0.4 is 20.3 Å². The summed E-state index contributed by atoms with van der Waals surface area (Å²) in [5.74, 6) is -0.396. The van der Waals surface area contributed by atoms with Crippen LogP contribution in [0.2, 0.25) is 10.0 Å². The average molecular weight is 464 g/mol. The molecular formula is C22H23Cl2N3O4. The van der Waals surface area contributed by atoms with Gasteiger partial charge in [0.25, 0.3) is 5.91 Å². The molecule has 1 aliphatic rings. The predicted octanol–water partition coefficient (Wildman–Crippen LogP) is 3.89. The van der Waals surface area contributed by atoms with E-state index in [4.69, 9.17) is 27.9 Å². The van der Waals surface area contributed by atoms with Gasteiger partial charge in [-0.15, -0.1) is 0 Å². The lowest BCUT2D eigenvalue weighted by molar-refractivity contribution is -0.126. The molecule has 31 heavy (non-hydrogen) atoms. The monoisotopic (exact) mass is 463 g/mol. The highest BCUT2D eigenvalue weighted by Crippen LogP contribution is 2.27. The van der Waals surface area contributed by atoms with Gasteiger partial charge in [-0.3, -0.25) is 14.4 Å². The van der Waals surface area contributed by atoms with E-state index >= 15 is 0 Å². The summed E-state index contributed by atoms with van der Waals surface area (Å²) in [5, 5.41) is 6.26. The number of ether oxygens (including phenoxy) is 1. The van der Waals surface area contributed by atoms with E-state index in [0.717, 1.165) is 6.42 Å². The zero-order chi connectivity index (χ0) is 22.4. The fourth-order valence-electron chi connectivity index (χ4n) is 3.17. The molecule has 0 aromatic heterocycles. The summed E-state index contributed by atoms with van der Waals surface area (Å²) >= 11 is 11.8. The molecule has 164 valence electrons. The van der Waals surface area contributed by atoms with Crippen molar-refractivity contribution in [1.82, 2.24) is 5.32 Å². The lowest BCUT2D eigenvalue weighted by Crippen LogP contribution is -2.33. The Morgan fingerprint density at radius 2 is 1.87 bits per heavy atom. The molecule has 2 aromatic carbocycles. The summed E-state index contributed by atoms with van der Waals surface area (Å²) in [4.78, 5) is 38.1. The van der Waals surface area contributed by atoms with E-state index in [2.05, 4.69) is 10.6 Å². The maximum absolute atomic E-state index is 12.3.